The maximum atomic E-state index is 5.99. The van der Waals surface area contributed by atoms with Crippen LogP contribution in [0.5, 0.6) is 0 Å². The molecule has 0 aromatic heterocycles. The van der Waals surface area contributed by atoms with Crippen molar-refractivity contribution in [3.8, 4) is 0 Å². The molecule has 1 rings (SSSR count). The van der Waals surface area contributed by atoms with E-state index < -0.39 is 0 Å². The van der Waals surface area contributed by atoms with Crippen molar-refractivity contribution in [1.29, 1.82) is 0 Å². The molecular formula is C12H16BrCl. The fourth-order valence-electron chi connectivity index (χ4n) is 1.57. The van der Waals surface area contributed by atoms with Crippen LogP contribution >= 0.6 is 27.5 Å². The minimum absolute atomic E-state index is 0.493. The summed E-state index contributed by atoms with van der Waals surface area (Å²) in [5.74, 6) is 1.20. The molecule has 0 aliphatic carbocycles. The van der Waals surface area contributed by atoms with Crippen LogP contribution in [0.25, 0.3) is 0 Å². The van der Waals surface area contributed by atoms with Crippen LogP contribution < -0.4 is 0 Å². The highest BCUT2D eigenvalue weighted by Crippen LogP contribution is 2.29. The number of hydrogen-bond donors (Lipinski definition) is 0. The van der Waals surface area contributed by atoms with Gasteiger partial charge in [0, 0.05) is 10.4 Å². The summed E-state index contributed by atoms with van der Waals surface area (Å²) in [6.07, 6.45) is 3.67. The van der Waals surface area contributed by atoms with Crippen LogP contribution in [-0.4, -0.2) is 5.88 Å². The Bertz CT molecular complexity index is 273. The van der Waals surface area contributed by atoms with E-state index in [0.717, 1.165) is 0 Å². The van der Waals surface area contributed by atoms with Gasteiger partial charge < -0.3 is 0 Å². The SMILES string of the molecule is CCCCC(CCl)c1ccccc1Br. The molecule has 0 aliphatic rings. The number of halogens is 2. The van der Waals surface area contributed by atoms with E-state index in [2.05, 4.69) is 41.1 Å². The molecule has 1 unspecified atom stereocenters. The van der Waals surface area contributed by atoms with E-state index in [9.17, 15) is 0 Å². The van der Waals surface area contributed by atoms with Crippen LogP contribution in [0.15, 0.2) is 28.7 Å². The minimum atomic E-state index is 0.493. The molecular weight excluding hydrogens is 259 g/mol. The fraction of sp³-hybridized carbons (Fsp3) is 0.500. The Labute approximate surface area is 99.8 Å². The van der Waals surface area contributed by atoms with Gasteiger partial charge in [0.15, 0.2) is 0 Å². The third kappa shape index (κ3) is 3.29. The van der Waals surface area contributed by atoms with Gasteiger partial charge in [0.05, 0.1) is 0 Å². The monoisotopic (exact) mass is 274 g/mol. The van der Waals surface area contributed by atoms with Crippen LogP contribution in [0, 0.1) is 0 Å². The summed E-state index contributed by atoms with van der Waals surface area (Å²) in [4.78, 5) is 0. The maximum absolute atomic E-state index is 5.99. The van der Waals surface area contributed by atoms with Crippen molar-refractivity contribution in [2.24, 2.45) is 0 Å². The second-order valence-electron chi connectivity index (χ2n) is 3.51. The Hall–Kier alpha value is -0.0100. The third-order valence-corrected chi connectivity index (χ3v) is 3.53. The summed E-state index contributed by atoms with van der Waals surface area (Å²) < 4.78 is 1.18. The van der Waals surface area contributed by atoms with Crippen LogP contribution in [0.3, 0.4) is 0 Å². The molecule has 14 heavy (non-hydrogen) atoms. The molecule has 1 atom stereocenters. The average molecular weight is 276 g/mol. The molecule has 1 aromatic rings. The highest BCUT2D eigenvalue weighted by atomic mass is 79.9. The van der Waals surface area contributed by atoms with Crippen molar-refractivity contribution in [3.63, 3.8) is 0 Å². The molecule has 0 saturated carbocycles. The van der Waals surface area contributed by atoms with E-state index in [1.165, 1.54) is 29.3 Å². The highest BCUT2D eigenvalue weighted by Gasteiger charge is 2.11. The lowest BCUT2D eigenvalue weighted by atomic mass is 9.95. The first kappa shape index (κ1) is 12.1. The van der Waals surface area contributed by atoms with Crippen molar-refractivity contribution in [1.82, 2.24) is 0 Å². The first-order valence-corrected chi connectivity index (χ1v) is 6.42. The molecule has 0 spiro atoms. The Morgan fingerprint density at radius 1 is 1.36 bits per heavy atom. The first-order valence-electron chi connectivity index (χ1n) is 5.10. The molecule has 0 bridgehead atoms. The van der Waals surface area contributed by atoms with Crippen LogP contribution in [0.4, 0.5) is 0 Å². The lowest BCUT2D eigenvalue weighted by Crippen LogP contribution is -2.01. The molecule has 0 radical (unpaired) electrons. The van der Waals surface area contributed by atoms with Gasteiger partial charge in [-0.25, -0.2) is 0 Å². The smallest absolute Gasteiger partial charge is 0.0292 e. The van der Waals surface area contributed by atoms with Gasteiger partial charge in [-0.2, -0.15) is 0 Å². The molecule has 1 aromatic carbocycles. The van der Waals surface area contributed by atoms with E-state index in [0.29, 0.717) is 11.8 Å². The topological polar surface area (TPSA) is 0 Å². The number of unbranched alkanes of at least 4 members (excludes halogenated alkanes) is 1. The number of rotatable bonds is 5. The predicted molar refractivity (Wildman–Crippen MR) is 67.1 cm³/mol. The Morgan fingerprint density at radius 2 is 2.07 bits per heavy atom. The predicted octanol–water partition coefficient (Wildman–Crippen LogP) is 4.96. The summed E-state index contributed by atoms with van der Waals surface area (Å²) in [5.41, 5.74) is 1.34. The average Bonchev–Trinajstić information content (AvgIpc) is 2.21. The van der Waals surface area contributed by atoms with Crippen molar-refractivity contribution >= 4 is 27.5 Å². The van der Waals surface area contributed by atoms with Gasteiger partial charge in [-0.3, -0.25) is 0 Å². The van der Waals surface area contributed by atoms with Gasteiger partial charge in [0.2, 0.25) is 0 Å². The van der Waals surface area contributed by atoms with Gasteiger partial charge in [-0.15, -0.1) is 11.6 Å². The Kier molecular flexibility index (Phi) is 5.57. The molecule has 0 amide bonds. The van der Waals surface area contributed by atoms with Gasteiger partial charge in [-0.05, 0) is 24.0 Å². The summed E-state index contributed by atoms with van der Waals surface area (Å²) in [6.45, 7) is 2.21. The number of hydrogen-bond acceptors (Lipinski definition) is 0. The lowest BCUT2D eigenvalue weighted by Gasteiger charge is -2.15. The second kappa shape index (κ2) is 6.47. The zero-order valence-corrected chi connectivity index (χ0v) is 10.8. The summed E-state index contributed by atoms with van der Waals surface area (Å²) >= 11 is 9.56. The molecule has 0 saturated heterocycles. The van der Waals surface area contributed by atoms with Gasteiger partial charge in [-0.1, -0.05) is 53.9 Å². The van der Waals surface area contributed by atoms with Crippen LogP contribution in [0.1, 0.15) is 37.7 Å². The van der Waals surface area contributed by atoms with E-state index >= 15 is 0 Å². The highest BCUT2D eigenvalue weighted by molar-refractivity contribution is 9.10. The molecule has 0 aliphatic heterocycles. The summed E-state index contributed by atoms with van der Waals surface area (Å²) in [7, 11) is 0. The zero-order valence-electron chi connectivity index (χ0n) is 8.47. The number of alkyl halides is 1. The van der Waals surface area contributed by atoms with E-state index in [4.69, 9.17) is 11.6 Å². The van der Waals surface area contributed by atoms with Gasteiger partial charge in [0.25, 0.3) is 0 Å². The summed E-state index contributed by atoms with van der Waals surface area (Å²) in [5, 5.41) is 0. The van der Waals surface area contributed by atoms with Crippen molar-refractivity contribution in [3.05, 3.63) is 34.3 Å². The minimum Gasteiger partial charge on any atom is -0.126 e. The molecule has 78 valence electrons. The number of benzene rings is 1. The lowest BCUT2D eigenvalue weighted by molar-refractivity contribution is 0.627. The molecule has 0 fully saturated rings. The first-order chi connectivity index (χ1) is 6.79. The zero-order chi connectivity index (χ0) is 10.4. The Morgan fingerprint density at radius 3 is 2.64 bits per heavy atom. The quantitative estimate of drug-likeness (QED) is 0.666. The van der Waals surface area contributed by atoms with E-state index in [1.54, 1.807) is 0 Å². The van der Waals surface area contributed by atoms with Crippen molar-refractivity contribution in [2.45, 2.75) is 32.1 Å². The molecule has 0 heterocycles. The second-order valence-corrected chi connectivity index (χ2v) is 4.68. The Balaban J connectivity index is 2.73. The summed E-state index contributed by atoms with van der Waals surface area (Å²) in [6, 6.07) is 8.36. The van der Waals surface area contributed by atoms with Crippen molar-refractivity contribution < 1.29 is 0 Å². The van der Waals surface area contributed by atoms with Crippen LogP contribution in [-0.2, 0) is 0 Å². The third-order valence-electron chi connectivity index (χ3n) is 2.44. The molecule has 0 N–H and O–H groups in total. The standard InChI is InChI=1S/C12H16BrCl/c1-2-3-6-10(9-14)11-7-4-5-8-12(11)13/h4-5,7-8,10H,2-3,6,9H2,1H3. The fourth-order valence-corrected chi connectivity index (χ4v) is 2.50. The van der Waals surface area contributed by atoms with Crippen LogP contribution in [0.2, 0.25) is 0 Å². The van der Waals surface area contributed by atoms with Gasteiger partial charge in [0.1, 0.15) is 0 Å². The van der Waals surface area contributed by atoms with E-state index in [-0.39, 0.29) is 0 Å². The molecule has 2 heteroatoms. The van der Waals surface area contributed by atoms with Gasteiger partial charge >= 0.3 is 0 Å². The largest absolute Gasteiger partial charge is 0.126 e. The van der Waals surface area contributed by atoms with E-state index in [1.807, 2.05) is 6.07 Å². The maximum Gasteiger partial charge on any atom is 0.0292 e. The normalized spacial score (nSPS) is 12.8. The molecule has 0 nitrogen and oxygen atoms in total. The van der Waals surface area contributed by atoms with Crippen molar-refractivity contribution in [2.75, 3.05) is 5.88 Å².